The van der Waals surface area contributed by atoms with E-state index in [-0.39, 0.29) is 23.9 Å². The summed E-state index contributed by atoms with van der Waals surface area (Å²) in [6.45, 7) is 4.79. The number of hydrogen-bond acceptors (Lipinski definition) is 2. The third kappa shape index (κ3) is 3.86. The molecule has 3 nitrogen and oxygen atoms in total. The molecule has 2 aromatic carbocycles. The van der Waals surface area contributed by atoms with Gasteiger partial charge in [0, 0.05) is 24.0 Å². The Balaban J connectivity index is 1.83. The molecule has 0 unspecified atom stereocenters. The van der Waals surface area contributed by atoms with E-state index in [4.69, 9.17) is 0 Å². The van der Waals surface area contributed by atoms with Gasteiger partial charge in [0.2, 0.25) is 0 Å². The lowest BCUT2D eigenvalue weighted by atomic mass is 10.2. The minimum absolute atomic E-state index is 0.0857. The number of anilines is 1. The van der Waals surface area contributed by atoms with Gasteiger partial charge >= 0.3 is 5.92 Å². The first kappa shape index (κ1) is 18.7. The number of nitrogens with one attached hydrogen (secondary N) is 1. The maximum Gasteiger partial charge on any atom is 0.309 e. The highest BCUT2D eigenvalue weighted by Crippen LogP contribution is 2.30. The molecule has 27 heavy (non-hydrogen) atoms. The average Bonchev–Trinajstić information content (AvgIpc) is 3.03. The number of nitrogens with zero attached hydrogens (tertiary/aromatic N) is 2. The molecule has 0 aliphatic carbocycles. The molecule has 0 fully saturated rings. The van der Waals surface area contributed by atoms with E-state index in [1.807, 2.05) is 0 Å². The summed E-state index contributed by atoms with van der Waals surface area (Å²) in [5, 5.41) is 2.94. The van der Waals surface area contributed by atoms with Gasteiger partial charge in [-0.2, -0.15) is 8.78 Å². The molecule has 0 amide bonds. The summed E-state index contributed by atoms with van der Waals surface area (Å²) in [7, 11) is 0. The van der Waals surface area contributed by atoms with Crippen molar-refractivity contribution in [2.45, 2.75) is 19.4 Å². The van der Waals surface area contributed by atoms with E-state index in [0.717, 1.165) is 6.20 Å². The van der Waals surface area contributed by atoms with Gasteiger partial charge < -0.3 is 9.88 Å². The number of aryl methyl sites for hydroxylation is 1. The Labute approximate surface area is 154 Å². The summed E-state index contributed by atoms with van der Waals surface area (Å²) >= 11 is 0. The van der Waals surface area contributed by atoms with Gasteiger partial charge in [0.1, 0.15) is 23.2 Å². The number of alkyl halides is 2. The van der Waals surface area contributed by atoms with E-state index >= 15 is 0 Å². The van der Waals surface area contributed by atoms with E-state index in [9.17, 15) is 17.6 Å². The lowest BCUT2D eigenvalue weighted by Crippen LogP contribution is -2.09. The second-order valence-electron chi connectivity index (χ2n) is 5.98. The molecule has 0 aliphatic rings. The van der Waals surface area contributed by atoms with E-state index in [2.05, 4.69) is 16.9 Å². The highest BCUT2D eigenvalue weighted by atomic mass is 19.3. The lowest BCUT2D eigenvalue weighted by molar-refractivity contribution is 0.0479. The molecule has 0 atom stereocenters. The van der Waals surface area contributed by atoms with Crippen LogP contribution in [-0.4, -0.2) is 9.55 Å². The van der Waals surface area contributed by atoms with Crippen LogP contribution in [0.1, 0.15) is 17.1 Å². The number of halogens is 4. The minimum atomic E-state index is -3.30. The van der Waals surface area contributed by atoms with Crippen LogP contribution in [0.3, 0.4) is 0 Å². The van der Waals surface area contributed by atoms with Gasteiger partial charge in [0.05, 0.1) is 5.69 Å². The van der Waals surface area contributed by atoms with Gasteiger partial charge in [-0.1, -0.05) is 24.8 Å². The van der Waals surface area contributed by atoms with E-state index in [0.29, 0.717) is 17.3 Å². The fourth-order valence-corrected chi connectivity index (χ4v) is 2.63. The largest absolute Gasteiger partial charge is 0.381 e. The number of imidazole rings is 1. The maximum absolute atomic E-state index is 14.5. The molecule has 0 radical (unpaired) electrons. The second kappa shape index (κ2) is 7.26. The highest BCUT2D eigenvalue weighted by molar-refractivity contribution is 5.50. The Morgan fingerprint density at radius 2 is 1.89 bits per heavy atom. The molecule has 0 aliphatic heterocycles. The van der Waals surface area contributed by atoms with Crippen molar-refractivity contribution >= 4 is 5.69 Å². The predicted molar refractivity (Wildman–Crippen MR) is 96.1 cm³/mol. The van der Waals surface area contributed by atoms with Crippen molar-refractivity contribution in [2.75, 3.05) is 5.32 Å². The molecular weight excluding hydrogens is 358 g/mol. The van der Waals surface area contributed by atoms with E-state index < -0.39 is 17.4 Å². The number of benzene rings is 2. The first-order valence-electron chi connectivity index (χ1n) is 8.17. The molecule has 0 saturated heterocycles. The van der Waals surface area contributed by atoms with E-state index in [1.165, 1.54) is 29.7 Å². The Kier molecular flexibility index (Phi) is 5.03. The van der Waals surface area contributed by atoms with Crippen LogP contribution in [0.2, 0.25) is 0 Å². The Hall–Kier alpha value is -3.09. The summed E-state index contributed by atoms with van der Waals surface area (Å²) in [5.41, 5.74) is 0.469. The first-order valence-corrected chi connectivity index (χ1v) is 8.17. The minimum Gasteiger partial charge on any atom is -0.381 e. The smallest absolute Gasteiger partial charge is 0.309 e. The summed E-state index contributed by atoms with van der Waals surface area (Å²) < 4.78 is 56.9. The topological polar surface area (TPSA) is 29.9 Å². The van der Waals surface area contributed by atoms with Gasteiger partial charge in [-0.25, -0.2) is 13.8 Å². The molecule has 0 saturated carbocycles. The number of aromatic nitrogens is 2. The van der Waals surface area contributed by atoms with E-state index in [1.54, 1.807) is 24.3 Å². The normalized spacial score (nSPS) is 11.4. The van der Waals surface area contributed by atoms with Gasteiger partial charge in [-0.15, -0.1) is 0 Å². The molecule has 0 spiro atoms. The lowest BCUT2D eigenvalue weighted by Gasteiger charge is -2.11. The number of allylic oxidation sites excluding steroid dienone is 1. The zero-order valence-electron chi connectivity index (χ0n) is 14.5. The molecule has 1 aromatic heterocycles. The van der Waals surface area contributed by atoms with Gasteiger partial charge in [0.25, 0.3) is 0 Å². The molecule has 7 heteroatoms. The fourth-order valence-electron chi connectivity index (χ4n) is 2.63. The standard InChI is InChI=1S/C20H17F4N3/c1-3-20(23,24)19-12-27(13(2)26-19)18-9-8-15(10-17(18)22)25-11-14-6-4-5-7-16(14)21/h3-10,12,25H,1,11H2,2H3. The molecule has 1 heterocycles. The monoisotopic (exact) mass is 375 g/mol. The summed E-state index contributed by atoms with van der Waals surface area (Å²) in [4.78, 5) is 3.80. The third-order valence-electron chi connectivity index (χ3n) is 4.13. The van der Waals surface area contributed by atoms with Crippen LogP contribution in [0.15, 0.2) is 61.3 Å². The van der Waals surface area contributed by atoms with Crippen molar-refractivity contribution in [3.63, 3.8) is 0 Å². The Morgan fingerprint density at radius 1 is 1.15 bits per heavy atom. The van der Waals surface area contributed by atoms with Crippen molar-refractivity contribution in [3.05, 3.63) is 90.0 Å². The zero-order valence-corrected chi connectivity index (χ0v) is 14.5. The van der Waals surface area contributed by atoms with Crippen LogP contribution in [-0.2, 0) is 12.5 Å². The molecule has 140 valence electrons. The SMILES string of the molecule is C=CC(F)(F)c1cn(-c2ccc(NCc3ccccc3F)cc2F)c(C)n1. The summed E-state index contributed by atoms with van der Waals surface area (Å²) in [6, 6.07) is 10.5. The van der Waals surface area contributed by atoms with Crippen LogP contribution in [0.5, 0.6) is 0 Å². The predicted octanol–water partition coefficient (Wildman–Crippen LogP) is 5.35. The van der Waals surface area contributed by atoms with Crippen LogP contribution >= 0.6 is 0 Å². The molecule has 3 rings (SSSR count). The molecule has 1 N–H and O–H groups in total. The quantitative estimate of drug-likeness (QED) is 0.465. The highest BCUT2D eigenvalue weighted by Gasteiger charge is 2.31. The number of rotatable bonds is 6. The second-order valence-corrected chi connectivity index (χ2v) is 5.98. The van der Waals surface area contributed by atoms with Crippen LogP contribution in [0, 0.1) is 18.6 Å². The van der Waals surface area contributed by atoms with Crippen molar-refractivity contribution in [3.8, 4) is 5.69 Å². The molecular formula is C20H17F4N3. The Bertz CT molecular complexity index is 979. The van der Waals surface area contributed by atoms with Crippen LogP contribution in [0.25, 0.3) is 5.69 Å². The van der Waals surface area contributed by atoms with Crippen molar-refractivity contribution in [1.82, 2.24) is 9.55 Å². The van der Waals surface area contributed by atoms with Crippen molar-refractivity contribution < 1.29 is 17.6 Å². The van der Waals surface area contributed by atoms with Crippen molar-refractivity contribution in [1.29, 1.82) is 0 Å². The summed E-state index contributed by atoms with van der Waals surface area (Å²) in [6.07, 6.45) is 1.58. The average molecular weight is 375 g/mol. The Morgan fingerprint density at radius 3 is 2.56 bits per heavy atom. The van der Waals surface area contributed by atoms with Crippen LogP contribution < -0.4 is 5.32 Å². The number of hydrogen-bond donors (Lipinski definition) is 1. The van der Waals surface area contributed by atoms with Gasteiger partial charge in [-0.05, 0) is 37.3 Å². The summed E-state index contributed by atoms with van der Waals surface area (Å²) in [5.74, 6) is -4.06. The first-order chi connectivity index (χ1) is 12.8. The third-order valence-corrected chi connectivity index (χ3v) is 4.13. The molecule has 3 aromatic rings. The van der Waals surface area contributed by atoms with Crippen molar-refractivity contribution in [2.24, 2.45) is 0 Å². The van der Waals surface area contributed by atoms with Gasteiger partial charge in [-0.3, -0.25) is 0 Å². The maximum atomic E-state index is 14.5. The van der Waals surface area contributed by atoms with Crippen LogP contribution in [0.4, 0.5) is 23.2 Å². The zero-order chi connectivity index (χ0) is 19.6. The van der Waals surface area contributed by atoms with Gasteiger partial charge in [0.15, 0.2) is 0 Å². The molecule has 0 bridgehead atoms. The fraction of sp³-hybridized carbons (Fsp3) is 0.150.